The second-order valence-electron chi connectivity index (χ2n) is 5.78. The summed E-state index contributed by atoms with van der Waals surface area (Å²) in [6.07, 6.45) is 5.22. The maximum atomic E-state index is 12.0. The van der Waals surface area contributed by atoms with Crippen molar-refractivity contribution in [1.82, 2.24) is 4.98 Å². The van der Waals surface area contributed by atoms with Crippen molar-refractivity contribution in [2.24, 2.45) is 11.8 Å². The number of Topliss-reactive ketones (excluding diaryl/α,β-unsaturated/α-hetero) is 1. The number of aryl methyl sites for hydroxylation is 1. The van der Waals surface area contributed by atoms with Crippen molar-refractivity contribution in [1.29, 1.82) is 0 Å². The predicted molar refractivity (Wildman–Crippen MR) is 75.7 cm³/mol. The topological polar surface area (TPSA) is 30.0 Å². The largest absolute Gasteiger partial charge is 0.299 e. The van der Waals surface area contributed by atoms with Gasteiger partial charge in [0.05, 0.1) is 0 Å². The van der Waals surface area contributed by atoms with Gasteiger partial charge in [-0.25, -0.2) is 0 Å². The van der Waals surface area contributed by atoms with E-state index < -0.39 is 0 Å². The molecular weight excluding hydrogens is 222 g/mol. The van der Waals surface area contributed by atoms with Crippen LogP contribution in [0.2, 0.25) is 0 Å². The second kappa shape index (κ2) is 6.67. The minimum absolute atomic E-state index is 0.159. The molecule has 0 aromatic carbocycles. The lowest BCUT2D eigenvalue weighted by Crippen LogP contribution is -2.17. The molecule has 2 heteroatoms. The number of pyridine rings is 1. The van der Waals surface area contributed by atoms with Gasteiger partial charge in [0.2, 0.25) is 0 Å². The second-order valence-corrected chi connectivity index (χ2v) is 5.78. The molecule has 1 aromatic rings. The van der Waals surface area contributed by atoms with Crippen LogP contribution in [0.4, 0.5) is 0 Å². The van der Waals surface area contributed by atoms with E-state index in [0.717, 1.165) is 6.42 Å². The molecule has 0 saturated carbocycles. The quantitative estimate of drug-likeness (QED) is 0.760. The first-order valence-corrected chi connectivity index (χ1v) is 6.88. The highest BCUT2D eigenvalue weighted by Gasteiger charge is 2.16. The van der Waals surface area contributed by atoms with Crippen LogP contribution in [-0.2, 0) is 11.2 Å². The van der Waals surface area contributed by atoms with E-state index >= 15 is 0 Å². The van der Waals surface area contributed by atoms with E-state index in [1.807, 2.05) is 19.3 Å². The third-order valence-electron chi connectivity index (χ3n) is 3.65. The lowest BCUT2D eigenvalue weighted by Gasteiger charge is -2.14. The van der Waals surface area contributed by atoms with E-state index in [1.54, 1.807) is 0 Å². The SMILES string of the molecule is CC(C)c1cncc(CCC(=O)[C@@H](C)C(C)C)c1. The lowest BCUT2D eigenvalue weighted by molar-refractivity contribution is -0.123. The van der Waals surface area contributed by atoms with Gasteiger partial charge in [-0.3, -0.25) is 9.78 Å². The van der Waals surface area contributed by atoms with E-state index in [0.29, 0.717) is 24.0 Å². The predicted octanol–water partition coefficient (Wildman–Crippen LogP) is 4.00. The molecule has 0 aliphatic carbocycles. The summed E-state index contributed by atoms with van der Waals surface area (Å²) in [5, 5.41) is 0. The van der Waals surface area contributed by atoms with Crippen LogP contribution < -0.4 is 0 Å². The number of hydrogen-bond acceptors (Lipinski definition) is 2. The standard InChI is InChI=1S/C16H25NO/c1-11(2)13(5)16(18)7-6-14-8-15(12(3)4)10-17-9-14/h8-13H,6-7H2,1-5H3/t13-/m0/s1. The van der Waals surface area contributed by atoms with Gasteiger partial charge in [-0.2, -0.15) is 0 Å². The average Bonchev–Trinajstić information content (AvgIpc) is 2.35. The highest BCUT2D eigenvalue weighted by molar-refractivity contribution is 5.81. The molecule has 1 rings (SSSR count). The Bertz CT molecular complexity index is 396. The van der Waals surface area contributed by atoms with Crippen LogP contribution in [0.1, 0.15) is 58.1 Å². The lowest BCUT2D eigenvalue weighted by atomic mass is 9.90. The summed E-state index contributed by atoms with van der Waals surface area (Å²) in [5.41, 5.74) is 2.42. The molecule has 0 unspecified atom stereocenters. The van der Waals surface area contributed by atoms with Crippen molar-refractivity contribution >= 4 is 5.78 Å². The van der Waals surface area contributed by atoms with Crippen molar-refractivity contribution in [3.05, 3.63) is 29.6 Å². The Morgan fingerprint density at radius 2 is 1.83 bits per heavy atom. The molecule has 0 radical (unpaired) electrons. The molecule has 0 N–H and O–H groups in total. The molecule has 1 heterocycles. The first-order chi connectivity index (χ1) is 8.41. The summed E-state index contributed by atoms with van der Waals surface area (Å²) in [6.45, 7) is 10.5. The van der Waals surface area contributed by atoms with Crippen LogP contribution >= 0.6 is 0 Å². The Kier molecular flexibility index (Phi) is 5.52. The van der Waals surface area contributed by atoms with Gasteiger partial charge in [0, 0.05) is 24.7 Å². The van der Waals surface area contributed by atoms with Crippen LogP contribution in [0, 0.1) is 11.8 Å². The molecular formula is C16H25NO. The molecule has 1 atom stereocenters. The molecule has 0 spiro atoms. The summed E-state index contributed by atoms with van der Waals surface area (Å²) in [5.74, 6) is 1.44. The fourth-order valence-electron chi connectivity index (χ4n) is 1.83. The number of hydrogen-bond donors (Lipinski definition) is 0. The average molecular weight is 247 g/mol. The maximum absolute atomic E-state index is 12.0. The summed E-state index contributed by atoms with van der Waals surface area (Å²) < 4.78 is 0. The van der Waals surface area contributed by atoms with Crippen LogP contribution in [0.3, 0.4) is 0 Å². The van der Waals surface area contributed by atoms with Crippen LogP contribution in [0.25, 0.3) is 0 Å². The summed E-state index contributed by atoms with van der Waals surface area (Å²) in [7, 11) is 0. The molecule has 2 nitrogen and oxygen atoms in total. The van der Waals surface area contributed by atoms with Gasteiger partial charge in [0.25, 0.3) is 0 Å². The zero-order valence-corrected chi connectivity index (χ0v) is 12.2. The first kappa shape index (κ1) is 14.9. The van der Waals surface area contributed by atoms with Crippen LogP contribution in [0.5, 0.6) is 0 Å². The normalized spacial score (nSPS) is 13.1. The number of ketones is 1. The van der Waals surface area contributed by atoms with Gasteiger partial charge < -0.3 is 0 Å². The summed E-state index contributed by atoms with van der Waals surface area (Å²) in [4.78, 5) is 16.2. The van der Waals surface area contributed by atoms with E-state index in [4.69, 9.17) is 0 Å². The van der Waals surface area contributed by atoms with Gasteiger partial charge in [0.15, 0.2) is 0 Å². The fraction of sp³-hybridized carbons (Fsp3) is 0.625. The number of nitrogens with zero attached hydrogens (tertiary/aromatic N) is 1. The van der Waals surface area contributed by atoms with Crippen molar-refractivity contribution < 1.29 is 4.79 Å². The van der Waals surface area contributed by atoms with E-state index in [2.05, 4.69) is 38.7 Å². The van der Waals surface area contributed by atoms with Gasteiger partial charge in [-0.1, -0.05) is 40.7 Å². The number of carbonyl (C=O) groups is 1. The molecule has 0 saturated heterocycles. The van der Waals surface area contributed by atoms with E-state index in [1.165, 1.54) is 11.1 Å². The molecule has 0 bridgehead atoms. The van der Waals surface area contributed by atoms with Gasteiger partial charge in [-0.05, 0) is 29.4 Å². The minimum Gasteiger partial charge on any atom is -0.299 e. The molecule has 1 aromatic heterocycles. The smallest absolute Gasteiger partial charge is 0.136 e. The number of aromatic nitrogens is 1. The highest BCUT2D eigenvalue weighted by Crippen LogP contribution is 2.17. The summed E-state index contributed by atoms with van der Waals surface area (Å²) >= 11 is 0. The van der Waals surface area contributed by atoms with Crippen molar-refractivity contribution in [2.75, 3.05) is 0 Å². The summed E-state index contributed by atoms with van der Waals surface area (Å²) in [6, 6.07) is 2.17. The number of carbonyl (C=O) groups excluding carboxylic acids is 1. The Hall–Kier alpha value is -1.18. The molecule has 0 aliphatic heterocycles. The zero-order valence-electron chi connectivity index (χ0n) is 12.2. The van der Waals surface area contributed by atoms with Crippen LogP contribution in [-0.4, -0.2) is 10.8 Å². The highest BCUT2D eigenvalue weighted by atomic mass is 16.1. The molecule has 0 aliphatic rings. The Balaban J connectivity index is 2.58. The Morgan fingerprint density at radius 3 is 2.39 bits per heavy atom. The van der Waals surface area contributed by atoms with Gasteiger partial charge in [-0.15, -0.1) is 0 Å². The fourth-order valence-corrected chi connectivity index (χ4v) is 1.83. The third-order valence-corrected chi connectivity index (χ3v) is 3.65. The Morgan fingerprint density at radius 1 is 1.17 bits per heavy atom. The van der Waals surface area contributed by atoms with Gasteiger partial charge >= 0.3 is 0 Å². The van der Waals surface area contributed by atoms with Crippen molar-refractivity contribution in [2.45, 2.75) is 53.4 Å². The first-order valence-electron chi connectivity index (χ1n) is 6.88. The van der Waals surface area contributed by atoms with Crippen LogP contribution in [0.15, 0.2) is 18.5 Å². The molecule has 100 valence electrons. The minimum atomic E-state index is 0.159. The van der Waals surface area contributed by atoms with Gasteiger partial charge in [0.1, 0.15) is 5.78 Å². The maximum Gasteiger partial charge on any atom is 0.136 e. The van der Waals surface area contributed by atoms with E-state index in [9.17, 15) is 4.79 Å². The molecule has 0 fully saturated rings. The molecule has 0 amide bonds. The molecule has 18 heavy (non-hydrogen) atoms. The monoisotopic (exact) mass is 247 g/mol. The zero-order chi connectivity index (χ0) is 13.7. The number of rotatable bonds is 6. The van der Waals surface area contributed by atoms with Crippen molar-refractivity contribution in [3.8, 4) is 0 Å². The third kappa shape index (κ3) is 4.25. The van der Waals surface area contributed by atoms with Crippen molar-refractivity contribution in [3.63, 3.8) is 0 Å². The van der Waals surface area contributed by atoms with E-state index in [-0.39, 0.29) is 5.92 Å². The Labute approximate surface area is 111 Å².